The Morgan fingerprint density at radius 2 is 1.97 bits per heavy atom. The van der Waals surface area contributed by atoms with Crippen LogP contribution in [0.15, 0.2) is 41.3 Å². The van der Waals surface area contributed by atoms with Gasteiger partial charge in [-0.25, -0.2) is 4.98 Å². The summed E-state index contributed by atoms with van der Waals surface area (Å²) in [5.74, 6) is 0.725. The molecule has 1 aromatic carbocycles. The Balaban J connectivity index is 1.54. The molecule has 0 aliphatic heterocycles. The van der Waals surface area contributed by atoms with E-state index in [9.17, 15) is 9.59 Å². The summed E-state index contributed by atoms with van der Waals surface area (Å²) >= 11 is 6.30. The number of aromatic nitrogens is 3. The average molecular weight is 441 g/mol. The van der Waals surface area contributed by atoms with E-state index in [1.54, 1.807) is 25.4 Å². The van der Waals surface area contributed by atoms with E-state index in [1.807, 2.05) is 18.2 Å². The zero-order valence-electron chi connectivity index (χ0n) is 17.6. The van der Waals surface area contributed by atoms with Gasteiger partial charge in [-0.15, -0.1) is 0 Å². The van der Waals surface area contributed by atoms with E-state index in [4.69, 9.17) is 16.3 Å². The lowest BCUT2D eigenvalue weighted by Gasteiger charge is -2.28. The molecule has 0 bridgehead atoms. The van der Waals surface area contributed by atoms with E-state index < -0.39 is 0 Å². The number of rotatable bonds is 5. The number of nitrogens with zero attached hydrogens (tertiary/aromatic N) is 3. The molecule has 1 saturated carbocycles. The minimum absolute atomic E-state index is 0.147. The fourth-order valence-corrected chi connectivity index (χ4v) is 4.44. The maximum absolute atomic E-state index is 13.0. The molecule has 1 N–H and O–H groups in total. The van der Waals surface area contributed by atoms with Gasteiger partial charge in [-0.05, 0) is 43.7 Å². The summed E-state index contributed by atoms with van der Waals surface area (Å²) < 4.78 is 6.31. The maximum atomic E-state index is 13.0. The Kier molecular flexibility index (Phi) is 6.23. The van der Waals surface area contributed by atoms with Crippen LogP contribution in [-0.4, -0.2) is 33.7 Å². The number of aryl methyl sites for hydroxylation is 1. The normalized spacial score (nSPS) is 18.7. The molecule has 2 heterocycles. The summed E-state index contributed by atoms with van der Waals surface area (Å²) in [4.78, 5) is 33.5. The number of nitrogens with one attached hydrogen (secondary N) is 1. The van der Waals surface area contributed by atoms with Crippen molar-refractivity contribution in [3.63, 3.8) is 0 Å². The number of ether oxygens (including phenoxy) is 1. The SMILES string of the molecule is COC(=O)CC1CCC(Nc2ncc3cc(-c4ccccc4Cl)c(=O)n(C)c3n2)CC1. The number of carbonyl (C=O) groups is 1. The Morgan fingerprint density at radius 1 is 1.23 bits per heavy atom. The van der Waals surface area contributed by atoms with Crippen molar-refractivity contribution in [2.75, 3.05) is 12.4 Å². The number of methoxy groups -OCH3 is 1. The minimum Gasteiger partial charge on any atom is -0.469 e. The fraction of sp³-hybridized carbons (Fsp3) is 0.391. The monoisotopic (exact) mass is 440 g/mol. The van der Waals surface area contributed by atoms with Crippen molar-refractivity contribution in [3.05, 3.63) is 51.9 Å². The molecule has 4 rings (SSSR count). The second kappa shape index (κ2) is 9.06. The van der Waals surface area contributed by atoms with Crippen LogP contribution in [0.1, 0.15) is 32.1 Å². The zero-order chi connectivity index (χ0) is 22.0. The van der Waals surface area contributed by atoms with Crippen LogP contribution in [0.3, 0.4) is 0 Å². The van der Waals surface area contributed by atoms with Gasteiger partial charge in [0.25, 0.3) is 5.56 Å². The highest BCUT2D eigenvalue weighted by atomic mass is 35.5. The van der Waals surface area contributed by atoms with Gasteiger partial charge in [0.2, 0.25) is 5.95 Å². The second-order valence-electron chi connectivity index (χ2n) is 8.02. The van der Waals surface area contributed by atoms with Crippen molar-refractivity contribution < 1.29 is 9.53 Å². The van der Waals surface area contributed by atoms with Crippen molar-refractivity contribution in [2.45, 2.75) is 38.1 Å². The van der Waals surface area contributed by atoms with Gasteiger partial charge in [-0.2, -0.15) is 4.98 Å². The molecule has 0 atom stereocenters. The van der Waals surface area contributed by atoms with Gasteiger partial charge in [0.05, 0.1) is 7.11 Å². The molecule has 162 valence electrons. The van der Waals surface area contributed by atoms with Gasteiger partial charge in [-0.3, -0.25) is 14.2 Å². The van der Waals surface area contributed by atoms with Gasteiger partial charge >= 0.3 is 5.97 Å². The summed E-state index contributed by atoms with van der Waals surface area (Å²) in [7, 11) is 3.14. The van der Waals surface area contributed by atoms with Crippen molar-refractivity contribution >= 4 is 34.6 Å². The van der Waals surface area contributed by atoms with Crippen LogP contribution in [-0.2, 0) is 16.6 Å². The van der Waals surface area contributed by atoms with E-state index >= 15 is 0 Å². The molecule has 1 aliphatic carbocycles. The van der Waals surface area contributed by atoms with E-state index in [0.29, 0.717) is 40.1 Å². The number of halogens is 1. The number of benzene rings is 1. The van der Waals surface area contributed by atoms with Crippen LogP contribution >= 0.6 is 11.6 Å². The predicted octanol–water partition coefficient (Wildman–Crippen LogP) is 4.18. The summed E-state index contributed by atoms with van der Waals surface area (Å²) in [5, 5.41) is 4.68. The molecule has 3 aromatic rings. The number of hydrogen-bond donors (Lipinski definition) is 1. The lowest BCUT2D eigenvalue weighted by molar-refractivity contribution is -0.142. The summed E-state index contributed by atoms with van der Waals surface area (Å²) in [6, 6.07) is 9.32. The molecule has 2 aromatic heterocycles. The summed E-state index contributed by atoms with van der Waals surface area (Å²) in [5.41, 5.74) is 1.62. The lowest BCUT2D eigenvalue weighted by atomic mass is 9.84. The number of anilines is 1. The van der Waals surface area contributed by atoms with Gasteiger partial charge in [0.15, 0.2) is 0 Å². The lowest BCUT2D eigenvalue weighted by Crippen LogP contribution is -2.28. The largest absolute Gasteiger partial charge is 0.469 e. The van der Waals surface area contributed by atoms with Crippen molar-refractivity contribution in [1.29, 1.82) is 0 Å². The van der Waals surface area contributed by atoms with Crippen LogP contribution in [0, 0.1) is 5.92 Å². The Hall–Kier alpha value is -2.93. The first-order valence-electron chi connectivity index (χ1n) is 10.4. The molecule has 0 radical (unpaired) electrons. The highest BCUT2D eigenvalue weighted by Gasteiger charge is 2.24. The van der Waals surface area contributed by atoms with E-state index in [1.165, 1.54) is 11.7 Å². The highest BCUT2D eigenvalue weighted by Crippen LogP contribution is 2.29. The van der Waals surface area contributed by atoms with E-state index in [-0.39, 0.29) is 17.6 Å². The van der Waals surface area contributed by atoms with Crippen LogP contribution in [0.25, 0.3) is 22.2 Å². The van der Waals surface area contributed by atoms with E-state index in [2.05, 4.69) is 15.3 Å². The van der Waals surface area contributed by atoms with Crippen molar-refractivity contribution in [3.8, 4) is 11.1 Å². The number of hydrogen-bond acceptors (Lipinski definition) is 6. The minimum atomic E-state index is -0.159. The van der Waals surface area contributed by atoms with Gasteiger partial charge in [0, 0.05) is 47.2 Å². The Morgan fingerprint density at radius 3 is 2.68 bits per heavy atom. The molecule has 31 heavy (non-hydrogen) atoms. The number of fused-ring (bicyclic) bond motifs is 1. The van der Waals surface area contributed by atoms with E-state index in [0.717, 1.165) is 31.1 Å². The second-order valence-corrected chi connectivity index (χ2v) is 8.42. The molecule has 0 saturated heterocycles. The maximum Gasteiger partial charge on any atom is 0.305 e. The quantitative estimate of drug-likeness (QED) is 0.599. The average Bonchev–Trinajstić information content (AvgIpc) is 2.78. The molecule has 0 amide bonds. The first-order valence-corrected chi connectivity index (χ1v) is 10.8. The number of esters is 1. The Bertz CT molecular complexity index is 1170. The first-order chi connectivity index (χ1) is 15.0. The molecular weight excluding hydrogens is 416 g/mol. The fourth-order valence-electron chi connectivity index (χ4n) is 4.20. The third-order valence-electron chi connectivity index (χ3n) is 5.98. The molecule has 1 aliphatic rings. The number of pyridine rings is 1. The summed E-state index contributed by atoms with van der Waals surface area (Å²) in [6.45, 7) is 0. The topological polar surface area (TPSA) is 86.1 Å². The zero-order valence-corrected chi connectivity index (χ0v) is 18.4. The molecule has 0 spiro atoms. The summed E-state index contributed by atoms with van der Waals surface area (Å²) in [6.07, 6.45) is 6.00. The van der Waals surface area contributed by atoms with Crippen molar-refractivity contribution in [1.82, 2.24) is 14.5 Å². The van der Waals surface area contributed by atoms with Gasteiger partial charge in [0.1, 0.15) is 5.65 Å². The molecule has 8 heteroatoms. The van der Waals surface area contributed by atoms with Crippen LogP contribution in [0.5, 0.6) is 0 Å². The molecule has 7 nitrogen and oxygen atoms in total. The smallest absolute Gasteiger partial charge is 0.305 e. The third-order valence-corrected chi connectivity index (χ3v) is 6.31. The standard InChI is InChI=1S/C23H25ClN4O3/c1-28-21-15(12-18(22(28)30)17-5-3-4-6-19(17)24)13-25-23(27-21)26-16-9-7-14(8-10-16)11-20(29)31-2/h3-6,12-14,16H,7-11H2,1-2H3,(H,25,26,27). The molecular formula is C23H25ClN4O3. The third kappa shape index (κ3) is 4.56. The van der Waals surface area contributed by atoms with Crippen LogP contribution < -0.4 is 10.9 Å². The van der Waals surface area contributed by atoms with Crippen LogP contribution in [0.2, 0.25) is 5.02 Å². The van der Waals surface area contributed by atoms with Crippen molar-refractivity contribution in [2.24, 2.45) is 13.0 Å². The first kappa shape index (κ1) is 21.3. The van der Waals surface area contributed by atoms with Gasteiger partial charge in [-0.1, -0.05) is 29.8 Å². The number of carbonyl (C=O) groups excluding carboxylic acids is 1. The molecule has 1 fully saturated rings. The predicted molar refractivity (Wildman–Crippen MR) is 121 cm³/mol. The Labute approximate surface area is 185 Å². The van der Waals surface area contributed by atoms with Crippen LogP contribution in [0.4, 0.5) is 5.95 Å². The highest BCUT2D eigenvalue weighted by molar-refractivity contribution is 6.33. The van der Waals surface area contributed by atoms with Gasteiger partial charge < -0.3 is 10.1 Å². The molecule has 0 unspecified atom stereocenters.